The maximum absolute atomic E-state index is 8.70. The second-order valence-corrected chi connectivity index (χ2v) is 4.81. The molecule has 5 heteroatoms. The molecule has 0 fully saturated rings. The summed E-state index contributed by atoms with van der Waals surface area (Å²) in [4.78, 5) is 0. The highest BCUT2D eigenvalue weighted by Gasteiger charge is 2.09. The van der Waals surface area contributed by atoms with E-state index in [9.17, 15) is 0 Å². The molecule has 2 rings (SSSR count). The normalized spacial score (nSPS) is 9.83. The molecule has 0 atom stereocenters. The molecule has 2 aromatic rings. The van der Waals surface area contributed by atoms with Crippen molar-refractivity contribution in [2.75, 3.05) is 5.73 Å². The Hall–Kier alpha value is -1.70. The zero-order valence-electron chi connectivity index (χ0n) is 9.15. The summed E-state index contributed by atoms with van der Waals surface area (Å²) in [6.07, 6.45) is 0. The standard InChI is InChI=1S/C13H8BrClN2O/c14-11-5-9(17)6-12(15)13(11)18-10-3-1-8(7-16)2-4-10/h1-6H,17H2. The van der Waals surface area contributed by atoms with Gasteiger partial charge < -0.3 is 10.5 Å². The van der Waals surface area contributed by atoms with Gasteiger partial charge in [-0.2, -0.15) is 5.26 Å². The molecule has 0 unspecified atom stereocenters. The third-order valence-corrected chi connectivity index (χ3v) is 3.09. The van der Waals surface area contributed by atoms with Gasteiger partial charge in [0.1, 0.15) is 5.75 Å². The van der Waals surface area contributed by atoms with E-state index in [1.165, 1.54) is 0 Å². The molecule has 18 heavy (non-hydrogen) atoms. The van der Waals surface area contributed by atoms with Crippen LogP contribution in [0.1, 0.15) is 5.56 Å². The van der Waals surface area contributed by atoms with Crippen molar-refractivity contribution in [2.24, 2.45) is 0 Å². The predicted molar refractivity (Wildman–Crippen MR) is 74.8 cm³/mol. The maximum Gasteiger partial charge on any atom is 0.160 e. The fourth-order valence-corrected chi connectivity index (χ4v) is 2.33. The molecule has 0 amide bonds. The molecule has 0 aromatic heterocycles. The van der Waals surface area contributed by atoms with Crippen molar-refractivity contribution in [3.8, 4) is 17.6 Å². The lowest BCUT2D eigenvalue weighted by atomic mass is 10.2. The van der Waals surface area contributed by atoms with Gasteiger partial charge in [0.05, 0.1) is 21.1 Å². The molecule has 0 aliphatic carbocycles. The Morgan fingerprint density at radius 3 is 2.44 bits per heavy atom. The molecule has 0 aliphatic rings. The van der Waals surface area contributed by atoms with E-state index in [2.05, 4.69) is 15.9 Å². The summed E-state index contributed by atoms with van der Waals surface area (Å²) in [5, 5.41) is 9.13. The van der Waals surface area contributed by atoms with Crippen molar-refractivity contribution >= 4 is 33.2 Å². The first-order valence-corrected chi connectivity index (χ1v) is 6.20. The van der Waals surface area contributed by atoms with Crippen molar-refractivity contribution in [1.29, 1.82) is 5.26 Å². The van der Waals surface area contributed by atoms with Crippen LogP contribution in [0.5, 0.6) is 11.5 Å². The van der Waals surface area contributed by atoms with E-state index in [1.807, 2.05) is 6.07 Å². The number of anilines is 1. The quantitative estimate of drug-likeness (QED) is 0.836. The van der Waals surface area contributed by atoms with Gasteiger partial charge in [-0.15, -0.1) is 0 Å². The Kier molecular flexibility index (Phi) is 3.75. The van der Waals surface area contributed by atoms with E-state index in [0.717, 1.165) is 0 Å². The van der Waals surface area contributed by atoms with Crippen LogP contribution >= 0.6 is 27.5 Å². The number of ether oxygens (including phenoxy) is 1. The van der Waals surface area contributed by atoms with Gasteiger partial charge in [0.2, 0.25) is 0 Å². The van der Waals surface area contributed by atoms with Gasteiger partial charge in [-0.25, -0.2) is 0 Å². The van der Waals surface area contributed by atoms with Crippen molar-refractivity contribution in [3.05, 3.63) is 51.5 Å². The Labute approximate surface area is 118 Å². The first kappa shape index (κ1) is 12.7. The SMILES string of the molecule is N#Cc1ccc(Oc2c(Cl)cc(N)cc2Br)cc1. The number of hydrogen-bond acceptors (Lipinski definition) is 3. The van der Waals surface area contributed by atoms with Crippen LogP contribution in [0.4, 0.5) is 5.69 Å². The molecule has 2 N–H and O–H groups in total. The molecule has 0 saturated heterocycles. The average Bonchev–Trinajstić information content (AvgIpc) is 2.34. The highest BCUT2D eigenvalue weighted by molar-refractivity contribution is 9.10. The van der Waals surface area contributed by atoms with Crippen LogP contribution < -0.4 is 10.5 Å². The Morgan fingerprint density at radius 2 is 1.89 bits per heavy atom. The monoisotopic (exact) mass is 322 g/mol. The molecule has 0 saturated carbocycles. The first-order valence-electron chi connectivity index (χ1n) is 5.02. The molecule has 0 bridgehead atoms. The number of halogens is 2. The second kappa shape index (κ2) is 5.30. The minimum Gasteiger partial charge on any atom is -0.455 e. The molecule has 0 radical (unpaired) electrons. The number of nitrogens with zero attached hydrogens (tertiary/aromatic N) is 1. The van der Waals surface area contributed by atoms with Crippen molar-refractivity contribution in [1.82, 2.24) is 0 Å². The largest absolute Gasteiger partial charge is 0.455 e. The van der Waals surface area contributed by atoms with Crippen LogP contribution in [-0.4, -0.2) is 0 Å². The van der Waals surface area contributed by atoms with Gasteiger partial charge in [-0.3, -0.25) is 0 Å². The fraction of sp³-hybridized carbons (Fsp3) is 0. The highest BCUT2D eigenvalue weighted by atomic mass is 79.9. The van der Waals surface area contributed by atoms with Gasteiger partial charge in [0, 0.05) is 5.69 Å². The Bertz CT molecular complexity index is 597. The highest BCUT2D eigenvalue weighted by Crippen LogP contribution is 2.38. The van der Waals surface area contributed by atoms with Crippen LogP contribution in [0.15, 0.2) is 40.9 Å². The summed E-state index contributed by atoms with van der Waals surface area (Å²) in [5.74, 6) is 1.09. The molecule has 0 heterocycles. The number of rotatable bonds is 2. The molecule has 2 aromatic carbocycles. The number of benzene rings is 2. The van der Waals surface area contributed by atoms with Crippen molar-refractivity contribution in [3.63, 3.8) is 0 Å². The third kappa shape index (κ3) is 2.76. The van der Waals surface area contributed by atoms with E-state index in [1.54, 1.807) is 36.4 Å². The van der Waals surface area contributed by atoms with Gasteiger partial charge in [-0.1, -0.05) is 11.6 Å². The van der Waals surface area contributed by atoms with E-state index in [0.29, 0.717) is 32.2 Å². The van der Waals surface area contributed by atoms with E-state index in [-0.39, 0.29) is 0 Å². The zero-order valence-corrected chi connectivity index (χ0v) is 11.5. The summed E-state index contributed by atoms with van der Waals surface area (Å²) in [7, 11) is 0. The van der Waals surface area contributed by atoms with Crippen molar-refractivity contribution < 1.29 is 4.74 Å². The lowest BCUT2D eigenvalue weighted by molar-refractivity contribution is 0.480. The van der Waals surface area contributed by atoms with Gasteiger partial charge in [-0.05, 0) is 52.3 Å². The van der Waals surface area contributed by atoms with Crippen LogP contribution in [0.2, 0.25) is 5.02 Å². The molecular formula is C13H8BrClN2O. The van der Waals surface area contributed by atoms with Gasteiger partial charge in [0.15, 0.2) is 5.75 Å². The number of nitriles is 1. The van der Waals surface area contributed by atoms with Crippen LogP contribution in [0, 0.1) is 11.3 Å². The summed E-state index contributed by atoms with van der Waals surface area (Å²) in [6, 6.07) is 12.1. The molecule has 90 valence electrons. The summed E-state index contributed by atoms with van der Waals surface area (Å²) >= 11 is 9.40. The van der Waals surface area contributed by atoms with Crippen molar-refractivity contribution in [2.45, 2.75) is 0 Å². The maximum atomic E-state index is 8.70. The smallest absolute Gasteiger partial charge is 0.160 e. The summed E-state index contributed by atoms with van der Waals surface area (Å²) in [5.41, 5.74) is 6.78. The average molecular weight is 324 g/mol. The van der Waals surface area contributed by atoms with Crippen LogP contribution in [0.25, 0.3) is 0 Å². The summed E-state index contributed by atoms with van der Waals surface area (Å²) in [6.45, 7) is 0. The van der Waals surface area contributed by atoms with Gasteiger partial charge in [0.25, 0.3) is 0 Å². The fourth-order valence-electron chi connectivity index (χ4n) is 1.39. The third-order valence-electron chi connectivity index (χ3n) is 2.22. The predicted octanol–water partition coefficient (Wildman–Crippen LogP) is 4.35. The first-order chi connectivity index (χ1) is 8.60. The van der Waals surface area contributed by atoms with Crippen LogP contribution in [-0.2, 0) is 0 Å². The van der Waals surface area contributed by atoms with Crippen LogP contribution in [0.3, 0.4) is 0 Å². The minimum absolute atomic E-state index is 0.422. The lowest BCUT2D eigenvalue weighted by Gasteiger charge is -2.10. The minimum atomic E-state index is 0.422. The summed E-state index contributed by atoms with van der Waals surface area (Å²) < 4.78 is 6.33. The Morgan fingerprint density at radius 1 is 1.22 bits per heavy atom. The molecular weight excluding hydrogens is 316 g/mol. The molecule has 0 aliphatic heterocycles. The second-order valence-electron chi connectivity index (χ2n) is 3.55. The Balaban J connectivity index is 2.31. The molecule has 0 spiro atoms. The number of hydrogen-bond donors (Lipinski definition) is 1. The van der Waals surface area contributed by atoms with E-state index < -0.39 is 0 Å². The topological polar surface area (TPSA) is 59.0 Å². The van der Waals surface area contributed by atoms with E-state index >= 15 is 0 Å². The number of nitrogen functional groups attached to an aromatic ring is 1. The zero-order chi connectivity index (χ0) is 13.1. The van der Waals surface area contributed by atoms with E-state index in [4.69, 9.17) is 27.3 Å². The van der Waals surface area contributed by atoms with Gasteiger partial charge >= 0.3 is 0 Å². The molecule has 3 nitrogen and oxygen atoms in total. The number of nitrogens with two attached hydrogens (primary N) is 1. The lowest BCUT2D eigenvalue weighted by Crippen LogP contribution is -1.90.